The highest BCUT2D eigenvalue weighted by atomic mass is 19.1. The van der Waals surface area contributed by atoms with Crippen LogP contribution in [0.4, 0.5) is 8.78 Å². The number of benzene rings is 2. The number of Topliss-reactive ketones (excluding diaryl/α,β-unsaturated/α-hetero) is 1. The molecule has 0 fully saturated rings. The molecule has 27 heavy (non-hydrogen) atoms. The molecule has 2 aromatic carbocycles. The predicted octanol–water partition coefficient (Wildman–Crippen LogP) is 4.17. The topological polar surface area (TPSA) is 46.6 Å². The summed E-state index contributed by atoms with van der Waals surface area (Å²) < 4.78 is 32.7. The molecule has 3 rings (SSSR count). The normalized spacial score (nSPS) is 15.0. The van der Waals surface area contributed by atoms with E-state index in [0.717, 1.165) is 12.1 Å². The van der Waals surface area contributed by atoms with E-state index >= 15 is 0 Å². The Balaban J connectivity index is 1.97. The Bertz CT molecular complexity index is 915. The van der Waals surface area contributed by atoms with Crippen LogP contribution < -0.4 is 0 Å². The fourth-order valence-electron chi connectivity index (χ4n) is 3.09. The van der Waals surface area contributed by atoms with Gasteiger partial charge in [0, 0.05) is 11.6 Å². The van der Waals surface area contributed by atoms with Crippen molar-refractivity contribution in [1.82, 2.24) is 4.90 Å². The second kappa shape index (κ2) is 6.95. The molecular formula is C21H19F2NO3. The van der Waals surface area contributed by atoms with Crippen LogP contribution in [0.25, 0.3) is 5.57 Å². The van der Waals surface area contributed by atoms with Crippen LogP contribution in [0, 0.1) is 11.6 Å². The fraction of sp³-hybridized carbons (Fsp3) is 0.238. The molecule has 2 aromatic rings. The van der Waals surface area contributed by atoms with Crippen molar-refractivity contribution in [3.05, 3.63) is 77.1 Å². The first-order chi connectivity index (χ1) is 12.7. The third-order valence-corrected chi connectivity index (χ3v) is 4.64. The van der Waals surface area contributed by atoms with Gasteiger partial charge in [-0.1, -0.05) is 30.3 Å². The number of carbonyl (C=O) groups is 2. The lowest BCUT2D eigenvalue weighted by molar-refractivity contribution is -0.136. The standard InChI is InChI=1S/C21H19F2NO3/c1-13-18(14-7-5-4-6-8-14)20(26)24(12-27-13)21(2,3)19(25)15-9-16(22)11-17(23)10-15/h4-11H,12H2,1-3H3. The summed E-state index contributed by atoms with van der Waals surface area (Å²) in [5.41, 5.74) is -0.478. The van der Waals surface area contributed by atoms with E-state index in [1.807, 2.05) is 6.07 Å². The number of allylic oxidation sites excluding steroid dienone is 1. The number of hydrogen-bond acceptors (Lipinski definition) is 3. The first-order valence-electron chi connectivity index (χ1n) is 8.44. The second-order valence-electron chi connectivity index (χ2n) is 6.85. The lowest BCUT2D eigenvalue weighted by atomic mass is 9.89. The average molecular weight is 371 g/mol. The number of nitrogens with zero attached hydrogens (tertiary/aromatic N) is 1. The smallest absolute Gasteiger partial charge is 0.261 e. The Kier molecular flexibility index (Phi) is 4.83. The van der Waals surface area contributed by atoms with Crippen LogP contribution in [-0.4, -0.2) is 28.9 Å². The molecule has 1 heterocycles. The first kappa shape index (κ1) is 18.8. The van der Waals surface area contributed by atoms with Crippen LogP contribution in [0.2, 0.25) is 0 Å². The highest BCUT2D eigenvalue weighted by Gasteiger charge is 2.42. The van der Waals surface area contributed by atoms with Gasteiger partial charge in [-0.3, -0.25) is 14.5 Å². The van der Waals surface area contributed by atoms with Crippen molar-refractivity contribution in [2.24, 2.45) is 0 Å². The van der Waals surface area contributed by atoms with Crippen molar-refractivity contribution in [3.63, 3.8) is 0 Å². The molecule has 140 valence electrons. The van der Waals surface area contributed by atoms with Gasteiger partial charge < -0.3 is 4.74 Å². The maximum absolute atomic E-state index is 13.5. The molecule has 6 heteroatoms. The Morgan fingerprint density at radius 2 is 1.67 bits per heavy atom. The zero-order chi connectivity index (χ0) is 19.8. The van der Waals surface area contributed by atoms with E-state index in [1.54, 1.807) is 31.2 Å². The maximum atomic E-state index is 13.5. The Morgan fingerprint density at radius 3 is 2.26 bits per heavy atom. The number of ketones is 1. The molecule has 0 spiro atoms. The summed E-state index contributed by atoms with van der Waals surface area (Å²) >= 11 is 0. The highest BCUT2D eigenvalue weighted by molar-refractivity contribution is 6.22. The van der Waals surface area contributed by atoms with E-state index in [4.69, 9.17) is 4.74 Å². The lowest BCUT2D eigenvalue weighted by Gasteiger charge is -2.40. The number of carbonyl (C=O) groups excluding carboxylic acids is 2. The monoisotopic (exact) mass is 371 g/mol. The van der Waals surface area contributed by atoms with E-state index in [2.05, 4.69) is 0 Å². The first-order valence-corrected chi connectivity index (χ1v) is 8.44. The van der Waals surface area contributed by atoms with Gasteiger partial charge in [0.15, 0.2) is 12.5 Å². The summed E-state index contributed by atoms with van der Waals surface area (Å²) in [6.07, 6.45) is 0. The van der Waals surface area contributed by atoms with Gasteiger partial charge in [-0.05, 0) is 38.5 Å². The number of hydrogen-bond donors (Lipinski definition) is 0. The molecule has 0 radical (unpaired) electrons. The predicted molar refractivity (Wildman–Crippen MR) is 96.6 cm³/mol. The summed E-state index contributed by atoms with van der Waals surface area (Å²) in [5, 5.41) is 0. The zero-order valence-electron chi connectivity index (χ0n) is 15.3. The zero-order valence-corrected chi connectivity index (χ0v) is 15.3. The summed E-state index contributed by atoms with van der Waals surface area (Å²) in [4.78, 5) is 27.4. The van der Waals surface area contributed by atoms with Crippen molar-refractivity contribution in [2.75, 3.05) is 6.73 Å². The van der Waals surface area contributed by atoms with Crippen LogP contribution in [0.5, 0.6) is 0 Å². The van der Waals surface area contributed by atoms with E-state index in [0.29, 0.717) is 23.0 Å². The lowest BCUT2D eigenvalue weighted by Crippen LogP contribution is -2.55. The Labute approximate surface area is 156 Å². The van der Waals surface area contributed by atoms with Crippen LogP contribution in [0.3, 0.4) is 0 Å². The molecule has 1 aliphatic rings. The van der Waals surface area contributed by atoms with Crippen molar-refractivity contribution in [3.8, 4) is 0 Å². The molecule has 0 bridgehead atoms. The highest BCUT2D eigenvalue weighted by Crippen LogP contribution is 2.32. The Hall–Kier alpha value is -3.02. The number of ether oxygens (including phenoxy) is 1. The van der Waals surface area contributed by atoms with Crippen LogP contribution in [0.1, 0.15) is 36.7 Å². The summed E-state index contributed by atoms with van der Waals surface area (Å²) in [6, 6.07) is 11.6. The Morgan fingerprint density at radius 1 is 1.07 bits per heavy atom. The number of amides is 1. The summed E-state index contributed by atoms with van der Waals surface area (Å²) in [6.45, 7) is 4.62. The molecule has 0 aliphatic carbocycles. The maximum Gasteiger partial charge on any atom is 0.261 e. The molecule has 1 amide bonds. The third kappa shape index (κ3) is 3.47. The fourth-order valence-corrected chi connectivity index (χ4v) is 3.09. The molecule has 0 atom stereocenters. The van der Waals surface area contributed by atoms with E-state index in [9.17, 15) is 18.4 Å². The van der Waals surface area contributed by atoms with Crippen molar-refractivity contribution >= 4 is 17.3 Å². The summed E-state index contributed by atoms with van der Waals surface area (Å²) in [5.74, 6) is -2.19. The minimum absolute atomic E-state index is 0.127. The minimum atomic E-state index is -1.36. The van der Waals surface area contributed by atoms with Gasteiger partial charge in [-0.25, -0.2) is 8.78 Å². The van der Waals surface area contributed by atoms with Gasteiger partial charge in [0.1, 0.15) is 22.9 Å². The third-order valence-electron chi connectivity index (χ3n) is 4.64. The largest absolute Gasteiger partial charge is 0.477 e. The van der Waals surface area contributed by atoms with Gasteiger partial charge >= 0.3 is 0 Å². The van der Waals surface area contributed by atoms with Gasteiger partial charge in [-0.2, -0.15) is 0 Å². The van der Waals surface area contributed by atoms with Gasteiger partial charge in [0.25, 0.3) is 5.91 Å². The second-order valence-corrected chi connectivity index (χ2v) is 6.85. The van der Waals surface area contributed by atoms with Gasteiger partial charge in [0.05, 0.1) is 5.57 Å². The van der Waals surface area contributed by atoms with Crippen molar-refractivity contribution < 1.29 is 23.1 Å². The van der Waals surface area contributed by atoms with E-state index in [1.165, 1.54) is 18.7 Å². The molecule has 0 saturated carbocycles. The molecule has 0 saturated heterocycles. The molecule has 0 aromatic heterocycles. The number of halogens is 2. The van der Waals surface area contributed by atoms with Gasteiger partial charge in [-0.15, -0.1) is 0 Å². The molecule has 0 unspecified atom stereocenters. The number of rotatable bonds is 4. The van der Waals surface area contributed by atoms with Crippen LogP contribution >= 0.6 is 0 Å². The molecule has 1 aliphatic heterocycles. The summed E-state index contributed by atoms with van der Waals surface area (Å²) in [7, 11) is 0. The molecule has 0 N–H and O–H groups in total. The minimum Gasteiger partial charge on any atom is -0.477 e. The van der Waals surface area contributed by atoms with Crippen molar-refractivity contribution in [2.45, 2.75) is 26.3 Å². The van der Waals surface area contributed by atoms with E-state index in [-0.39, 0.29) is 18.2 Å². The van der Waals surface area contributed by atoms with E-state index < -0.39 is 23.0 Å². The molecular weight excluding hydrogens is 352 g/mol. The van der Waals surface area contributed by atoms with Gasteiger partial charge in [0.2, 0.25) is 0 Å². The molecule has 4 nitrogen and oxygen atoms in total. The SMILES string of the molecule is CC1=C(c2ccccc2)C(=O)N(C(C)(C)C(=O)c2cc(F)cc(F)c2)CO1. The van der Waals surface area contributed by atoms with Crippen LogP contribution in [0.15, 0.2) is 54.3 Å². The van der Waals surface area contributed by atoms with Crippen molar-refractivity contribution in [1.29, 1.82) is 0 Å². The average Bonchev–Trinajstić information content (AvgIpc) is 2.61. The van der Waals surface area contributed by atoms with Crippen LogP contribution in [-0.2, 0) is 9.53 Å². The quantitative estimate of drug-likeness (QED) is 0.758.